The Labute approximate surface area is 112 Å². The molecule has 1 saturated heterocycles. The molecule has 0 amide bonds. The van der Waals surface area contributed by atoms with Crippen LogP contribution in [0.3, 0.4) is 0 Å². The molecule has 0 N–H and O–H groups in total. The van der Waals surface area contributed by atoms with Crippen LogP contribution >= 0.6 is 0 Å². The Morgan fingerprint density at radius 1 is 1.37 bits per heavy atom. The van der Waals surface area contributed by atoms with Gasteiger partial charge in [0, 0.05) is 36.8 Å². The first-order valence-electron chi connectivity index (χ1n) is 6.49. The first-order valence-corrected chi connectivity index (χ1v) is 6.49. The van der Waals surface area contributed by atoms with Crippen LogP contribution in [0, 0.1) is 23.0 Å². The van der Waals surface area contributed by atoms with Crippen LogP contribution < -0.4 is 4.90 Å². The SMILES string of the molecule is CC(=O)C1CCN(c2ccc([N+](=O)[O-])cc2C)CC1. The molecular weight excluding hydrogens is 244 g/mol. The van der Waals surface area contributed by atoms with Gasteiger partial charge in [0.2, 0.25) is 0 Å². The number of non-ortho nitro benzene ring substituents is 1. The van der Waals surface area contributed by atoms with Crippen LogP contribution in [0.15, 0.2) is 18.2 Å². The number of nitro groups is 1. The molecule has 2 rings (SSSR count). The Balaban J connectivity index is 2.11. The van der Waals surface area contributed by atoms with Crippen molar-refractivity contribution in [1.82, 2.24) is 0 Å². The Kier molecular flexibility index (Phi) is 3.83. The highest BCUT2D eigenvalue weighted by atomic mass is 16.6. The van der Waals surface area contributed by atoms with Gasteiger partial charge in [0.25, 0.3) is 5.69 Å². The molecule has 0 unspecified atom stereocenters. The fraction of sp³-hybridized carbons (Fsp3) is 0.500. The highest BCUT2D eigenvalue weighted by molar-refractivity contribution is 5.78. The number of nitro benzene ring substituents is 1. The number of aryl methyl sites for hydroxylation is 1. The first-order chi connectivity index (χ1) is 8.99. The molecule has 19 heavy (non-hydrogen) atoms. The van der Waals surface area contributed by atoms with E-state index in [0.717, 1.165) is 37.2 Å². The van der Waals surface area contributed by atoms with E-state index in [-0.39, 0.29) is 22.3 Å². The van der Waals surface area contributed by atoms with Gasteiger partial charge in [-0.3, -0.25) is 14.9 Å². The zero-order valence-corrected chi connectivity index (χ0v) is 11.3. The average molecular weight is 262 g/mol. The predicted octanol–water partition coefficient (Wildman–Crippen LogP) is 2.71. The molecule has 0 atom stereocenters. The Bertz CT molecular complexity index is 505. The van der Waals surface area contributed by atoms with Crippen molar-refractivity contribution in [1.29, 1.82) is 0 Å². The lowest BCUT2D eigenvalue weighted by molar-refractivity contribution is -0.384. The molecule has 1 aliphatic heterocycles. The van der Waals surface area contributed by atoms with Gasteiger partial charge < -0.3 is 4.90 Å². The number of nitrogens with zero attached hydrogens (tertiary/aromatic N) is 2. The Hall–Kier alpha value is -1.91. The van der Waals surface area contributed by atoms with Crippen molar-refractivity contribution >= 4 is 17.2 Å². The number of piperidine rings is 1. The van der Waals surface area contributed by atoms with Crippen LogP contribution in [-0.4, -0.2) is 23.8 Å². The molecule has 0 aromatic heterocycles. The number of carbonyl (C=O) groups is 1. The van der Waals surface area contributed by atoms with Crippen LogP contribution in [0.5, 0.6) is 0 Å². The van der Waals surface area contributed by atoms with Crippen molar-refractivity contribution in [3.05, 3.63) is 33.9 Å². The maximum absolute atomic E-state index is 11.3. The molecule has 0 saturated carbocycles. The minimum atomic E-state index is -0.376. The van der Waals surface area contributed by atoms with E-state index in [1.807, 2.05) is 13.0 Å². The van der Waals surface area contributed by atoms with Gasteiger partial charge in [0.1, 0.15) is 5.78 Å². The van der Waals surface area contributed by atoms with Crippen LogP contribution in [0.25, 0.3) is 0 Å². The normalized spacial score (nSPS) is 16.4. The highest BCUT2D eigenvalue weighted by Crippen LogP contribution is 2.28. The van der Waals surface area contributed by atoms with Crippen LogP contribution in [0.1, 0.15) is 25.3 Å². The van der Waals surface area contributed by atoms with Crippen LogP contribution in [0.2, 0.25) is 0 Å². The molecule has 1 aromatic carbocycles. The largest absolute Gasteiger partial charge is 0.371 e. The third kappa shape index (κ3) is 2.92. The first kappa shape index (κ1) is 13.5. The number of carbonyl (C=O) groups excluding carboxylic acids is 1. The lowest BCUT2D eigenvalue weighted by atomic mass is 9.93. The van der Waals surface area contributed by atoms with Gasteiger partial charge in [0.15, 0.2) is 0 Å². The molecule has 1 aliphatic rings. The molecule has 0 aliphatic carbocycles. The molecule has 1 heterocycles. The van der Waals surface area contributed by atoms with Gasteiger partial charge in [-0.05, 0) is 38.3 Å². The van der Waals surface area contributed by atoms with E-state index in [2.05, 4.69) is 4.90 Å². The van der Waals surface area contributed by atoms with Crippen molar-refractivity contribution in [2.45, 2.75) is 26.7 Å². The zero-order chi connectivity index (χ0) is 14.0. The second kappa shape index (κ2) is 5.38. The molecule has 5 heteroatoms. The number of rotatable bonds is 3. The summed E-state index contributed by atoms with van der Waals surface area (Å²) in [4.78, 5) is 23.9. The predicted molar refractivity (Wildman–Crippen MR) is 73.5 cm³/mol. The van der Waals surface area contributed by atoms with Crippen LogP contribution in [0.4, 0.5) is 11.4 Å². The summed E-state index contributed by atoms with van der Waals surface area (Å²) in [7, 11) is 0. The van der Waals surface area contributed by atoms with Gasteiger partial charge in [-0.1, -0.05) is 0 Å². The van der Waals surface area contributed by atoms with E-state index in [1.54, 1.807) is 19.1 Å². The van der Waals surface area contributed by atoms with Gasteiger partial charge in [-0.25, -0.2) is 0 Å². The van der Waals surface area contributed by atoms with Crippen LogP contribution in [-0.2, 0) is 4.79 Å². The summed E-state index contributed by atoms with van der Waals surface area (Å²) in [5.41, 5.74) is 2.07. The lowest BCUT2D eigenvalue weighted by Crippen LogP contribution is -2.36. The number of ketones is 1. The second-order valence-electron chi connectivity index (χ2n) is 5.10. The molecule has 5 nitrogen and oxygen atoms in total. The minimum absolute atomic E-state index is 0.125. The average Bonchev–Trinajstić information content (AvgIpc) is 2.38. The lowest BCUT2D eigenvalue weighted by Gasteiger charge is -2.33. The van der Waals surface area contributed by atoms with E-state index < -0.39 is 0 Å². The Morgan fingerprint density at radius 2 is 2.00 bits per heavy atom. The maximum atomic E-state index is 11.3. The number of Topliss-reactive ketones (excluding diaryl/α,β-unsaturated/α-hetero) is 1. The molecule has 1 fully saturated rings. The zero-order valence-electron chi connectivity index (χ0n) is 11.3. The van der Waals surface area contributed by atoms with E-state index in [4.69, 9.17) is 0 Å². The molecule has 0 spiro atoms. The van der Waals surface area contributed by atoms with E-state index in [9.17, 15) is 14.9 Å². The summed E-state index contributed by atoms with van der Waals surface area (Å²) >= 11 is 0. The standard InChI is InChI=1S/C14H18N2O3/c1-10-9-13(16(18)19)3-4-14(10)15-7-5-12(6-8-15)11(2)17/h3-4,9,12H,5-8H2,1-2H3. The third-order valence-corrected chi connectivity index (χ3v) is 3.80. The van der Waals surface area contributed by atoms with Gasteiger partial charge in [-0.15, -0.1) is 0 Å². The summed E-state index contributed by atoms with van der Waals surface area (Å²) in [6.45, 7) is 5.21. The van der Waals surface area contributed by atoms with Crippen molar-refractivity contribution < 1.29 is 9.72 Å². The molecular formula is C14H18N2O3. The summed E-state index contributed by atoms with van der Waals surface area (Å²) in [5, 5.41) is 10.7. The molecule has 0 bridgehead atoms. The fourth-order valence-electron chi connectivity index (χ4n) is 2.63. The van der Waals surface area contributed by atoms with Gasteiger partial charge in [-0.2, -0.15) is 0 Å². The number of hydrogen-bond acceptors (Lipinski definition) is 4. The third-order valence-electron chi connectivity index (χ3n) is 3.80. The quantitative estimate of drug-likeness (QED) is 0.620. The van der Waals surface area contributed by atoms with Crippen molar-refractivity contribution in [3.63, 3.8) is 0 Å². The van der Waals surface area contributed by atoms with Crippen molar-refractivity contribution in [2.75, 3.05) is 18.0 Å². The topological polar surface area (TPSA) is 63.5 Å². The Morgan fingerprint density at radius 3 is 2.47 bits per heavy atom. The van der Waals surface area contributed by atoms with E-state index in [0.29, 0.717) is 0 Å². The second-order valence-corrected chi connectivity index (χ2v) is 5.10. The highest BCUT2D eigenvalue weighted by Gasteiger charge is 2.23. The monoisotopic (exact) mass is 262 g/mol. The number of anilines is 1. The molecule has 102 valence electrons. The summed E-state index contributed by atoms with van der Waals surface area (Å²) in [5.74, 6) is 0.440. The summed E-state index contributed by atoms with van der Waals surface area (Å²) in [6, 6.07) is 4.95. The van der Waals surface area contributed by atoms with Crippen molar-refractivity contribution in [3.8, 4) is 0 Å². The number of benzene rings is 1. The van der Waals surface area contributed by atoms with Gasteiger partial charge >= 0.3 is 0 Å². The fourth-order valence-corrected chi connectivity index (χ4v) is 2.63. The van der Waals surface area contributed by atoms with Crippen molar-refractivity contribution in [2.24, 2.45) is 5.92 Å². The van der Waals surface area contributed by atoms with Gasteiger partial charge in [0.05, 0.1) is 4.92 Å². The number of hydrogen-bond donors (Lipinski definition) is 0. The van der Waals surface area contributed by atoms with E-state index >= 15 is 0 Å². The maximum Gasteiger partial charge on any atom is 0.269 e. The smallest absolute Gasteiger partial charge is 0.269 e. The summed E-state index contributed by atoms with van der Waals surface area (Å²) < 4.78 is 0. The summed E-state index contributed by atoms with van der Waals surface area (Å²) in [6.07, 6.45) is 1.73. The van der Waals surface area contributed by atoms with E-state index in [1.165, 1.54) is 0 Å². The molecule has 0 radical (unpaired) electrons. The minimum Gasteiger partial charge on any atom is -0.371 e. The molecule has 1 aromatic rings.